The van der Waals surface area contributed by atoms with E-state index in [1.807, 2.05) is 37.4 Å². The van der Waals surface area contributed by atoms with Gasteiger partial charge in [0.25, 0.3) is 0 Å². The second-order valence-corrected chi connectivity index (χ2v) is 6.94. The molecule has 0 radical (unpaired) electrons. The van der Waals surface area contributed by atoms with Gasteiger partial charge in [0.1, 0.15) is 11.5 Å². The van der Waals surface area contributed by atoms with Gasteiger partial charge in [-0.25, -0.2) is 4.98 Å². The molecule has 1 amide bonds. The Labute approximate surface area is 147 Å². The second kappa shape index (κ2) is 7.59. The molecule has 3 aromatic rings. The van der Waals surface area contributed by atoms with Crippen molar-refractivity contribution < 1.29 is 9.32 Å². The fraction of sp³-hybridized carbons (Fsp3) is 0.250. The molecular weight excluding hydrogens is 344 g/mol. The van der Waals surface area contributed by atoms with E-state index in [1.165, 1.54) is 23.1 Å². The van der Waals surface area contributed by atoms with Gasteiger partial charge in [0.15, 0.2) is 5.13 Å². The highest BCUT2D eigenvalue weighted by atomic mass is 32.2. The smallest absolute Gasteiger partial charge is 0.236 e. The minimum atomic E-state index is -0.0753. The van der Waals surface area contributed by atoms with E-state index in [0.29, 0.717) is 16.6 Å². The molecule has 3 heterocycles. The zero-order chi connectivity index (χ0) is 16.9. The van der Waals surface area contributed by atoms with Crippen LogP contribution in [0.2, 0.25) is 0 Å². The van der Waals surface area contributed by atoms with Gasteiger partial charge in [-0.3, -0.25) is 9.78 Å². The normalized spacial score (nSPS) is 10.8. The zero-order valence-corrected chi connectivity index (χ0v) is 14.9. The molecule has 0 fully saturated rings. The van der Waals surface area contributed by atoms with Crippen LogP contribution in [0.15, 0.2) is 34.3 Å². The number of amides is 1. The van der Waals surface area contributed by atoms with E-state index < -0.39 is 0 Å². The Morgan fingerprint density at radius 3 is 2.92 bits per heavy atom. The van der Waals surface area contributed by atoms with Gasteiger partial charge in [-0.2, -0.15) is 0 Å². The first kappa shape index (κ1) is 16.7. The Bertz CT molecular complexity index is 810. The van der Waals surface area contributed by atoms with E-state index in [2.05, 4.69) is 20.4 Å². The average molecular weight is 360 g/mol. The summed E-state index contributed by atoms with van der Waals surface area (Å²) in [7, 11) is 0. The van der Waals surface area contributed by atoms with Crippen LogP contribution in [-0.4, -0.2) is 26.8 Å². The molecule has 0 atom stereocenters. The molecule has 0 saturated carbocycles. The first-order valence-electron chi connectivity index (χ1n) is 7.30. The lowest BCUT2D eigenvalue weighted by Gasteiger charge is -2.02. The summed E-state index contributed by atoms with van der Waals surface area (Å²) < 4.78 is 5.12. The monoisotopic (exact) mass is 360 g/mol. The van der Waals surface area contributed by atoms with E-state index in [9.17, 15) is 4.79 Å². The number of carbonyl (C=O) groups is 1. The molecule has 3 rings (SSSR count). The largest absolute Gasteiger partial charge is 0.361 e. The van der Waals surface area contributed by atoms with Gasteiger partial charge in [0.05, 0.1) is 17.1 Å². The zero-order valence-electron chi connectivity index (χ0n) is 13.3. The van der Waals surface area contributed by atoms with E-state index in [0.717, 1.165) is 28.4 Å². The van der Waals surface area contributed by atoms with Gasteiger partial charge in [-0.15, -0.1) is 23.1 Å². The number of nitrogens with zero attached hydrogens (tertiary/aromatic N) is 3. The van der Waals surface area contributed by atoms with Crippen molar-refractivity contribution in [2.24, 2.45) is 0 Å². The van der Waals surface area contributed by atoms with Gasteiger partial charge >= 0.3 is 0 Å². The maximum absolute atomic E-state index is 12.0. The van der Waals surface area contributed by atoms with E-state index in [4.69, 9.17) is 4.52 Å². The van der Waals surface area contributed by atoms with Crippen LogP contribution < -0.4 is 5.32 Å². The molecule has 24 heavy (non-hydrogen) atoms. The fourth-order valence-electron chi connectivity index (χ4n) is 2.07. The molecule has 0 bridgehead atoms. The maximum Gasteiger partial charge on any atom is 0.236 e. The highest BCUT2D eigenvalue weighted by molar-refractivity contribution is 7.99. The topological polar surface area (TPSA) is 80.9 Å². The third-order valence-electron chi connectivity index (χ3n) is 3.34. The molecule has 0 unspecified atom stereocenters. The number of pyridine rings is 1. The number of aryl methyl sites for hydroxylation is 2. The third-order valence-corrected chi connectivity index (χ3v) is 5.06. The van der Waals surface area contributed by atoms with Crippen molar-refractivity contribution in [3.8, 4) is 11.4 Å². The molecule has 6 nitrogen and oxygen atoms in total. The number of nitrogens with one attached hydrogen (secondary N) is 1. The van der Waals surface area contributed by atoms with Crippen LogP contribution in [0, 0.1) is 13.8 Å². The Hall–Kier alpha value is -2.19. The van der Waals surface area contributed by atoms with Crippen LogP contribution >= 0.6 is 23.1 Å². The van der Waals surface area contributed by atoms with Gasteiger partial charge in [0.2, 0.25) is 5.91 Å². The van der Waals surface area contributed by atoms with Crippen molar-refractivity contribution in [1.82, 2.24) is 15.1 Å². The number of thiazole rings is 1. The highest BCUT2D eigenvalue weighted by Gasteiger charge is 2.12. The van der Waals surface area contributed by atoms with Crippen molar-refractivity contribution in [3.05, 3.63) is 46.8 Å². The van der Waals surface area contributed by atoms with Crippen molar-refractivity contribution in [2.75, 3.05) is 11.1 Å². The Kier molecular flexibility index (Phi) is 5.27. The number of carbonyl (C=O) groups excluding carboxylic acids is 1. The first-order chi connectivity index (χ1) is 11.6. The first-order valence-corrected chi connectivity index (χ1v) is 9.33. The number of rotatable bonds is 6. The SMILES string of the molecule is Cc1noc(C)c1CSCC(=O)Nc1nc(-c2ccccn2)cs1. The molecule has 0 saturated heterocycles. The lowest BCUT2D eigenvalue weighted by atomic mass is 10.2. The van der Waals surface area contributed by atoms with Gasteiger partial charge < -0.3 is 9.84 Å². The number of thioether (sulfide) groups is 1. The Balaban J connectivity index is 1.51. The molecular formula is C16H16N4O2S2. The van der Waals surface area contributed by atoms with E-state index >= 15 is 0 Å². The van der Waals surface area contributed by atoms with Crippen LogP contribution in [-0.2, 0) is 10.5 Å². The number of hydrogen-bond donors (Lipinski definition) is 1. The summed E-state index contributed by atoms with van der Waals surface area (Å²) >= 11 is 2.91. The van der Waals surface area contributed by atoms with Crippen molar-refractivity contribution in [3.63, 3.8) is 0 Å². The Morgan fingerprint density at radius 1 is 1.33 bits per heavy atom. The minimum Gasteiger partial charge on any atom is -0.361 e. The van der Waals surface area contributed by atoms with Crippen molar-refractivity contribution in [2.45, 2.75) is 19.6 Å². The summed E-state index contributed by atoms with van der Waals surface area (Å²) in [5.74, 6) is 1.78. The van der Waals surface area contributed by atoms with Crippen molar-refractivity contribution >= 4 is 34.1 Å². The predicted octanol–water partition coefficient (Wildman–Crippen LogP) is 3.68. The maximum atomic E-state index is 12.0. The average Bonchev–Trinajstić information content (AvgIpc) is 3.17. The van der Waals surface area contributed by atoms with Crippen LogP contribution in [0.3, 0.4) is 0 Å². The summed E-state index contributed by atoms with van der Waals surface area (Å²) in [6, 6.07) is 5.65. The number of hydrogen-bond acceptors (Lipinski definition) is 7. The molecule has 1 N–H and O–H groups in total. The van der Waals surface area contributed by atoms with Crippen LogP contribution in [0.1, 0.15) is 17.0 Å². The summed E-state index contributed by atoms with van der Waals surface area (Å²) in [6.45, 7) is 3.78. The van der Waals surface area contributed by atoms with E-state index in [-0.39, 0.29) is 5.91 Å². The highest BCUT2D eigenvalue weighted by Crippen LogP contribution is 2.24. The summed E-state index contributed by atoms with van der Waals surface area (Å²) in [5, 5.41) is 9.20. The predicted molar refractivity (Wildman–Crippen MR) is 96.1 cm³/mol. The molecule has 0 aromatic carbocycles. The quantitative estimate of drug-likeness (QED) is 0.722. The summed E-state index contributed by atoms with van der Waals surface area (Å²) in [5.41, 5.74) is 3.49. The summed E-state index contributed by atoms with van der Waals surface area (Å²) in [4.78, 5) is 20.7. The number of anilines is 1. The molecule has 0 aliphatic carbocycles. The van der Waals surface area contributed by atoms with Crippen molar-refractivity contribution in [1.29, 1.82) is 0 Å². The molecule has 0 spiro atoms. The lowest BCUT2D eigenvalue weighted by Crippen LogP contribution is -2.14. The van der Waals surface area contributed by atoms with Crippen LogP contribution in [0.25, 0.3) is 11.4 Å². The van der Waals surface area contributed by atoms with Crippen LogP contribution in [0.5, 0.6) is 0 Å². The Morgan fingerprint density at radius 2 is 2.21 bits per heavy atom. The minimum absolute atomic E-state index is 0.0753. The van der Waals surface area contributed by atoms with Gasteiger partial charge in [-0.1, -0.05) is 11.2 Å². The molecule has 0 aliphatic rings. The van der Waals surface area contributed by atoms with E-state index in [1.54, 1.807) is 6.20 Å². The van der Waals surface area contributed by atoms with Gasteiger partial charge in [0, 0.05) is 22.9 Å². The molecule has 8 heteroatoms. The fourth-order valence-corrected chi connectivity index (χ4v) is 3.77. The third kappa shape index (κ3) is 4.01. The summed E-state index contributed by atoms with van der Waals surface area (Å²) in [6.07, 6.45) is 1.72. The molecule has 124 valence electrons. The standard InChI is InChI=1S/C16H16N4O2S2/c1-10-12(11(2)22-20-10)7-23-9-15(21)19-16-18-14(8-24-16)13-5-3-4-6-17-13/h3-6,8H,7,9H2,1-2H3,(H,18,19,21). The lowest BCUT2D eigenvalue weighted by molar-refractivity contribution is -0.113. The number of aromatic nitrogens is 3. The van der Waals surface area contributed by atoms with Gasteiger partial charge in [-0.05, 0) is 26.0 Å². The molecule has 0 aliphatic heterocycles. The molecule has 3 aromatic heterocycles. The van der Waals surface area contributed by atoms with Crippen LogP contribution in [0.4, 0.5) is 5.13 Å². The second-order valence-electron chi connectivity index (χ2n) is 5.10.